The van der Waals surface area contributed by atoms with Crippen LogP contribution in [0.3, 0.4) is 0 Å². The van der Waals surface area contributed by atoms with E-state index < -0.39 is 17.5 Å². The van der Waals surface area contributed by atoms with Gasteiger partial charge in [0.05, 0.1) is 32.3 Å². The Labute approximate surface area is 317 Å². The number of ether oxygens (including phenoxy) is 4. The van der Waals surface area contributed by atoms with Gasteiger partial charge in [-0.05, 0) is 67.8 Å². The molecular weight excluding hydrogens is 716 g/mol. The Hall–Kier alpha value is -5.01. The third-order valence-electron chi connectivity index (χ3n) is 10.8. The highest BCUT2D eigenvalue weighted by Gasteiger charge is 2.49. The fraction of sp³-hybridized carbons (Fsp3) is 0.400. The van der Waals surface area contributed by atoms with Gasteiger partial charge in [-0.25, -0.2) is 13.8 Å². The lowest BCUT2D eigenvalue weighted by molar-refractivity contribution is 0.107. The minimum atomic E-state index is -0.919. The third-order valence-corrected chi connectivity index (χ3v) is 11.1. The second kappa shape index (κ2) is 15.0. The largest absolute Gasteiger partial charge is 0.497 e. The summed E-state index contributed by atoms with van der Waals surface area (Å²) in [6.45, 7) is 5.18. The zero-order chi connectivity index (χ0) is 37.4. The van der Waals surface area contributed by atoms with Crippen molar-refractivity contribution in [3.8, 4) is 23.4 Å². The summed E-state index contributed by atoms with van der Waals surface area (Å²) in [4.78, 5) is 25.1. The molecule has 3 aliphatic rings. The van der Waals surface area contributed by atoms with Gasteiger partial charge in [-0.3, -0.25) is 4.90 Å². The van der Waals surface area contributed by atoms with Crippen molar-refractivity contribution in [1.29, 1.82) is 0 Å². The maximum absolute atomic E-state index is 15.9. The summed E-state index contributed by atoms with van der Waals surface area (Å²) in [5, 5.41) is -0.0498. The van der Waals surface area contributed by atoms with Crippen LogP contribution in [-0.4, -0.2) is 83.6 Å². The maximum atomic E-state index is 15.9. The van der Waals surface area contributed by atoms with Crippen molar-refractivity contribution in [3.63, 3.8) is 0 Å². The first-order chi connectivity index (χ1) is 26.2. The number of halogens is 3. The zero-order valence-electron chi connectivity index (χ0n) is 30.5. The molecule has 0 saturated carbocycles. The molecule has 11 nitrogen and oxygen atoms in total. The maximum Gasteiger partial charge on any atom is 0.319 e. The summed E-state index contributed by atoms with van der Waals surface area (Å²) in [5.41, 5.74) is 2.57. The van der Waals surface area contributed by atoms with E-state index in [4.69, 9.17) is 40.5 Å². The number of fused-ring (bicyclic) bond motifs is 1. The van der Waals surface area contributed by atoms with Crippen molar-refractivity contribution in [2.75, 3.05) is 56.9 Å². The van der Waals surface area contributed by atoms with E-state index in [1.54, 1.807) is 20.4 Å². The van der Waals surface area contributed by atoms with E-state index in [2.05, 4.69) is 31.6 Å². The van der Waals surface area contributed by atoms with Gasteiger partial charge in [0.1, 0.15) is 53.4 Å². The van der Waals surface area contributed by atoms with Gasteiger partial charge >= 0.3 is 6.01 Å². The minimum Gasteiger partial charge on any atom is -0.497 e. The molecule has 6 heterocycles. The predicted octanol–water partition coefficient (Wildman–Crippen LogP) is 7.35. The third kappa shape index (κ3) is 6.90. The topological polar surface area (TPSA) is 98.2 Å². The van der Waals surface area contributed by atoms with E-state index in [1.807, 2.05) is 60.7 Å². The molecule has 8 rings (SSSR count). The molecule has 3 aliphatic heterocycles. The van der Waals surface area contributed by atoms with Crippen LogP contribution in [0.25, 0.3) is 10.9 Å². The van der Waals surface area contributed by atoms with Crippen LogP contribution in [0.2, 0.25) is 5.15 Å². The van der Waals surface area contributed by atoms with Gasteiger partial charge in [-0.1, -0.05) is 41.9 Å². The number of pyridine rings is 2. The van der Waals surface area contributed by atoms with Crippen molar-refractivity contribution in [2.24, 2.45) is 0 Å². The quantitative estimate of drug-likeness (QED) is 0.120. The SMILES string of the molecule is COc1ccc(CN(Cc2ccc(OC)cc2)c2ncccc2[C@@H](C)N2CCOc3nc(Cl)c(F)c4nc(OC[C@@]56CCCN5C[C@H](F)C6)nc2c34)cc1. The van der Waals surface area contributed by atoms with Crippen LogP contribution in [-0.2, 0) is 13.1 Å². The van der Waals surface area contributed by atoms with Crippen LogP contribution in [0.5, 0.6) is 23.4 Å². The van der Waals surface area contributed by atoms with E-state index in [0.717, 1.165) is 53.4 Å². The molecule has 0 bridgehead atoms. The van der Waals surface area contributed by atoms with E-state index in [-0.39, 0.29) is 41.8 Å². The molecule has 2 fully saturated rings. The lowest BCUT2D eigenvalue weighted by Crippen LogP contribution is -2.43. The Bertz CT molecular complexity index is 2080. The Balaban J connectivity index is 1.18. The molecule has 0 amide bonds. The summed E-state index contributed by atoms with van der Waals surface area (Å²) in [5.74, 6) is 2.08. The monoisotopic (exact) mass is 757 g/mol. The zero-order valence-corrected chi connectivity index (χ0v) is 31.2. The first-order valence-corrected chi connectivity index (χ1v) is 18.6. The standard InChI is InChI=1S/C40H42ClF2N7O4/c1-25(31-6-4-16-44-36(31)48(21-26-7-11-29(51-2)12-8-26)22-27-9-13-30(52-3)14-10-27)50-18-19-53-38-32-34(33(43)35(41)46-38)45-39(47-37(32)50)54-24-40-15-5-17-49(40)23-28(42)20-40/h4,6-14,16,25,28H,5,15,17-24H2,1-3H3/t25-,28-,40+/m1/s1. The first kappa shape index (κ1) is 36.0. The normalized spacial score (nSPS) is 20.0. The highest BCUT2D eigenvalue weighted by atomic mass is 35.5. The number of hydrogen-bond acceptors (Lipinski definition) is 11. The molecule has 0 aliphatic carbocycles. The second-order valence-corrected chi connectivity index (χ2v) is 14.5. The van der Waals surface area contributed by atoms with E-state index in [0.29, 0.717) is 43.8 Å². The average Bonchev–Trinajstić information content (AvgIpc) is 3.66. The van der Waals surface area contributed by atoms with Gasteiger partial charge < -0.3 is 28.7 Å². The molecule has 282 valence electrons. The Morgan fingerprint density at radius 3 is 2.37 bits per heavy atom. The number of rotatable bonds is 12. The van der Waals surface area contributed by atoms with Crippen molar-refractivity contribution in [3.05, 3.63) is 94.5 Å². The molecule has 3 atom stereocenters. The smallest absolute Gasteiger partial charge is 0.319 e. The fourth-order valence-electron chi connectivity index (χ4n) is 8.10. The Morgan fingerprint density at radius 2 is 1.69 bits per heavy atom. The first-order valence-electron chi connectivity index (χ1n) is 18.2. The highest BCUT2D eigenvalue weighted by molar-refractivity contribution is 6.30. The van der Waals surface area contributed by atoms with E-state index >= 15 is 4.39 Å². The lowest BCUT2D eigenvalue weighted by atomic mass is 9.95. The predicted molar refractivity (Wildman–Crippen MR) is 202 cm³/mol. The number of nitrogens with zero attached hydrogens (tertiary/aromatic N) is 7. The molecule has 5 aromatic rings. The average molecular weight is 758 g/mol. The number of anilines is 2. The van der Waals surface area contributed by atoms with Gasteiger partial charge in [0.15, 0.2) is 11.0 Å². The molecule has 2 saturated heterocycles. The summed E-state index contributed by atoms with van der Waals surface area (Å²) in [6, 6.07) is 19.6. The fourth-order valence-corrected chi connectivity index (χ4v) is 8.27. The van der Waals surface area contributed by atoms with Gasteiger partial charge in [-0.15, -0.1) is 0 Å². The van der Waals surface area contributed by atoms with Crippen LogP contribution < -0.4 is 28.7 Å². The van der Waals surface area contributed by atoms with Crippen LogP contribution in [0.1, 0.15) is 48.9 Å². The summed E-state index contributed by atoms with van der Waals surface area (Å²) in [7, 11) is 3.30. The van der Waals surface area contributed by atoms with E-state index in [1.165, 1.54) is 0 Å². The molecular formula is C40H42ClF2N7O4. The van der Waals surface area contributed by atoms with Crippen LogP contribution in [0.4, 0.5) is 20.4 Å². The number of hydrogen-bond donors (Lipinski definition) is 0. The molecule has 0 spiro atoms. The van der Waals surface area contributed by atoms with Gasteiger partial charge in [0.25, 0.3) is 0 Å². The molecule has 3 aromatic heterocycles. The molecule has 54 heavy (non-hydrogen) atoms. The Morgan fingerprint density at radius 1 is 0.981 bits per heavy atom. The molecule has 0 radical (unpaired) electrons. The number of benzene rings is 2. The van der Waals surface area contributed by atoms with Gasteiger partial charge in [0, 0.05) is 37.8 Å². The minimum absolute atomic E-state index is 0.0145. The highest BCUT2D eigenvalue weighted by Crippen LogP contribution is 2.43. The number of aromatic nitrogens is 4. The summed E-state index contributed by atoms with van der Waals surface area (Å²) < 4.78 is 53.6. The number of methoxy groups -OCH3 is 2. The Kier molecular flexibility index (Phi) is 10.0. The molecule has 0 unspecified atom stereocenters. The van der Waals surface area contributed by atoms with Crippen molar-refractivity contribution < 1.29 is 27.7 Å². The molecule has 14 heteroatoms. The van der Waals surface area contributed by atoms with Crippen molar-refractivity contribution in [2.45, 2.75) is 57.0 Å². The molecule has 2 aromatic carbocycles. The second-order valence-electron chi connectivity index (χ2n) is 14.1. The van der Waals surface area contributed by atoms with Crippen molar-refractivity contribution >= 4 is 34.1 Å². The summed E-state index contributed by atoms with van der Waals surface area (Å²) >= 11 is 6.28. The van der Waals surface area contributed by atoms with Gasteiger partial charge in [-0.2, -0.15) is 15.0 Å². The van der Waals surface area contributed by atoms with Gasteiger partial charge in [0.2, 0.25) is 5.88 Å². The summed E-state index contributed by atoms with van der Waals surface area (Å²) in [6.07, 6.45) is 3.02. The van der Waals surface area contributed by atoms with Crippen molar-refractivity contribution in [1.82, 2.24) is 24.8 Å². The number of alkyl halides is 1. The van der Waals surface area contributed by atoms with Crippen LogP contribution >= 0.6 is 11.6 Å². The lowest BCUT2D eigenvalue weighted by Gasteiger charge is -2.34. The van der Waals surface area contributed by atoms with Crippen LogP contribution in [0, 0.1) is 5.82 Å². The van der Waals surface area contributed by atoms with Crippen LogP contribution in [0.15, 0.2) is 66.9 Å². The van der Waals surface area contributed by atoms with E-state index in [9.17, 15) is 4.39 Å². The molecule has 0 N–H and O–H groups in total.